The van der Waals surface area contributed by atoms with Crippen molar-refractivity contribution in [2.75, 3.05) is 10.6 Å². The summed E-state index contributed by atoms with van der Waals surface area (Å²) in [5, 5.41) is 11.1. The van der Waals surface area contributed by atoms with Crippen molar-refractivity contribution in [2.24, 2.45) is 0 Å². The van der Waals surface area contributed by atoms with E-state index in [4.69, 9.17) is 23.2 Å². The number of nitrogens with one attached hydrogen (secondary N) is 3. The molecule has 0 spiro atoms. The zero-order valence-electron chi connectivity index (χ0n) is 23.8. The van der Waals surface area contributed by atoms with Crippen LogP contribution in [0.4, 0.5) is 10.8 Å². The number of aromatic nitrogens is 1. The monoisotopic (exact) mass is 672 g/mol. The molecule has 7 nitrogen and oxygen atoms in total. The van der Waals surface area contributed by atoms with Crippen LogP contribution in [0.25, 0.3) is 6.08 Å². The van der Waals surface area contributed by atoms with E-state index in [9.17, 15) is 14.4 Å². The number of carbonyl (C=O) groups is 3. The third kappa shape index (κ3) is 8.83. The van der Waals surface area contributed by atoms with Gasteiger partial charge in [0.2, 0.25) is 5.91 Å². The number of nitrogens with zero attached hydrogens (tertiary/aromatic N) is 1. The normalized spacial score (nSPS) is 11.8. The van der Waals surface area contributed by atoms with E-state index in [1.165, 1.54) is 29.2 Å². The van der Waals surface area contributed by atoms with Crippen molar-refractivity contribution < 1.29 is 14.4 Å². The first-order valence-electron chi connectivity index (χ1n) is 13.6. The van der Waals surface area contributed by atoms with Gasteiger partial charge in [0.15, 0.2) is 5.13 Å². The largest absolute Gasteiger partial charge is 0.321 e. The van der Waals surface area contributed by atoms with Gasteiger partial charge >= 0.3 is 0 Å². The number of thioether (sulfide) groups is 1. The summed E-state index contributed by atoms with van der Waals surface area (Å²) in [5.74, 6) is -1.24. The first-order chi connectivity index (χ1) is 21.7. The molecule has 1 atom stereocenters. The number of rotatable bonds is 10. The molecule has 0 saturated carbocycles. The highest BCUT2D eigenvalue weighted by molar-refractivity contribution is 8.00. The van der Waals surface area contributed by atoms with Gasteiger partial charge in [-0.15, -0.1) is 23.1 Å². The highest BCUT2D eigenvalue weighted by atomic mass is 35.5. The maximum absolute atomic E-state index is 13.6. The fraction of sp³-hybridized carbons (Fsp3) is 0.0588. The minimum Gasteiger partial charge on any atom is -0.321 e. The Morgan fingerprint density at radius 2 is 1.60 bits per heavy atom. The molecule has 5 aromatic rings. The highest BCUT2D eigenvalue weighted by Gasteiger charge is 2.23. The summed E-state index contributed by atoms with van der Waals surface area (Å²) in [6, 6.07) is 30.0. The molecule has 45 heavy (non-hydrogen) atoms. The molecule has 0 aliphatic heterocycles. The average molecular weight is 674 g/mol. The summed E-state index contributed by atoms with van der Waals surface area (Å²) in [6.07, 6.45) is 1.49. The Labute approximate surface area is 278 Å². The minimum absolute atomic E-state index is 0.0218. The van der Waals surface area contributed by atoms with Crippen molar-refractivity contribution in [3.05, 3.63) is 147 Å². The van der Waals surface area contributed by atoms with Crippen LogP contribution in [0.5, 0.6) is 0 Å². The zero-order chi connectivity index (χ0) is 31.8. The Hall–Kier alpha value is -4.41. The number of hydrogen-bond acceptors (Lipinski definition) is 6. The van der Waals surface area contributed by atoms with Gasteiger partial charge in [-0.25, -0.2) is 4.98 Å². The van der Waals surface area contributed by atoms with E-state index in [0.29, 0.717) is 32.0 Å². The molecule has 0 aliphatic carbocycles. The Balaban J connectivity index is 1.39. The van der Waals surface area contributed by atoms with Gasteiger partial charge in [0.1, 0.15) is 10.9 Å². The van der Waals surface area contributed by atoms with Crippen molar-refractivity contribution in [2.45, 2.75) is 17.1 Å². The first kappa shape index (κ1) is 32.0. The summed E-state index contributed by atoms with van der Waals surface area (Å²) in [6.45, 7) is 1.87. The van der Waals surface area contributed by atoms with Crippen molar-refractivity contribution in [1.29, 1.82) is 0 Å². The van der Waals surface area contributed by atoms with Crippen LogP contribution in [0, 0.1) is 6.92 Å². The summed E-state index contributed by atoms with van der Waals surface area (Å²) >= 11 is 15.1. The maximum atomic E-state index is 13.6. The fourth-order valence-corrected chi connectivity index (χ4v) is 6.42. The lowest BCUT2D eigenvalue weighted by Gasteiger charge is -2.17. The molecule has 0 radical (unpaired) electrons. The number of hydrogen-bond donors (Lipinski definition) is 3. The van der Waals surface area contributed by atoms with Crippen LogP contribution < -0.4 is 16.0 Å². The first-order valence-corrected chi connectivity index (χ1v) is 16.2. The Kier molecular flexibility index (Phi) is 10.7. The zero-order valence-corrected chi connectivity index (χ0v) is 26.9. The summed E-state index contributed by atoms with van der Waals surface area (Å²) in [7, 11) is 0. The van der Waals surface area contributed by atoms with Gasteiger partial charge in [0, 0.05) is 31.6 Å². The minimum atomic E-state index is -0.589. The molecule has 3 N–H and O–H groups in total. The number of halogens is 2. The molecule has 1 unspecified atom stereocenters. The second kappa shape index (κ2) is 15.0. The summed E-state index contributed by atoms with van der Waals surface area (Å²) < 4.78 is 0. The number of thiazole rings is 1. The molecule has 226 valence electrons. The number of carbonyl (C=O) groups excluding carboxylic acids is 3. The summed E-state index contributed by atoms with van der Waals surface area (Å²) in [4.78, 5) is 45.1. The van der Waals surface area contributed by atoms with Crippen LogP contribution in [-0.2, 0) is 9.59 Å². The molecule has 1 aromatic heterocycles. The molecule has 11 heteroatoms. The van der Waals surface area contributed by atoms with E-state index in [1.807, 2.05) is 48.7 Å². The lowest BCUT2D eigenvalue weighted by Crippen LogP contribution is -2.30. The molecular formula is C34H26Cl2N4O3S2. The van der Waals surface area contributed by atoms with Gasteiger partial charge in [-0.05, 0) is 66.6 Å². The van der Waals surface area contributed by atoms with Crippen molar-refractivity contribution in [3.8, 4) is 0 Å². The van der Waals surface area contributed by atoms with Crippen LogP contribution in [0.15, 0.2) is 119 Å². The predicted molar refractivity (Wildman–Crippen MR) is 184 cm³/mol. The Bertz CT molecular complexity index is 1860. The number of anilines is 2. The standard InChI is InChI=1S/C34H26Cl2N4O3S2/c1-21-20-44-34(37-21)40-33(43)30(22-9-4-2-5-10-22)45-27-14-8-13-26(19-27)38-32(42)29(17-24-15-16-25(35)18-28(24)36)39-31(41)23-11-6-3-7-12-23/h2-20,30H,1H3,(H,38,42)(H,39,41)(H,37,40,43)/b29-17+. The second-order valence-corrected chi connectivity index (χ2v) is 12.6. The quantitative estimate of drug-likeness (QED) is 0.102. The number of aryl methyl sites for hydroxylation is 1. The molecule has 0 aliphatic rings. The summed E-state index contributed by atoms with van der Waals surface area (Å²) in [5.41, 5.74) is 2.97. The second-order valence-electron chi connectivity index (χ2n) is 9.72. The van der Waals surface area contributed by atoms with Crippen LogP contribution in [0.1, 0.15) is 32.4 Å². The molecular weight excluding hydrogens is 647 g/mol. The third-order valence-corrected chi connectivity index (χ3v) is 9.01. The molecule has 3 amide bonds. The average Bonchev–Trinajstić information content (AvgIpc) is 3.45. The van der Waals surface area contributed by atoms with Crippen LogP contribution >= 0.6 is 46.3 Å². The van der Waals surface area contributed by atoms with E-state index in [0.717, 1.165) is 16.2 Å². The van der Waals surface area contributed by atoms with Crippen molar-refractivity contribution in [3.63, 3.8) is 0 Å². The molecule has 1 heterocycles. The molecule has 4 aromatic carbocycles. The fourth-order valence-electron chi connectivity index (χ4n) is 4.18. The Morgan fingerprint density at radius 1 is 0.867 bits per heavy atom. The van der Waals surface area contributed by atoms with E-state index in [1.54, 1.807) is 66.7 Å². The predicted octanol–water partition coefficient (Wildman–Crippen LogP) is 8.64. The lowest BCUT2D eigenvalue weighted by atomic mass is 10.1. The van der Waals surface area contributed by atoms with E-state index in [-0.39, 0.29) is 11.6 Å². The third-order valence-electron chi connectivity index (χ3n) is 6.33. The van der Waals surface area contributed by atoms with Crippen LogP contribution in [0.2, 0.25) is 10.0 Å². The highest BCUT2D eigenvalue weighted by Crippen LogP contribution is 2.37. The smallest absolute Gasteiger partial charge is 0.272 e. The van der Waals surface area contributed by atoms with Gasteiger partial charge in [0.25, 0.3) is 11.8 Å². The van der Waals surface area contributed by atoms with Gasteiger partial charge in [0.05, 0.1) is 5.69 Å². The Morgan fingerprint density at radius 3 is 2.29 bits per heavy atom. The van der Waals surface area contributed by atoms with Gasteiger partial charge in [-0.3, -0.25) is 14.4 Å². The van der Waals surface area contributed by atoms with Gasteiger partial charge in [-0.1, -0.05) is 83.9 Å². The topological polar surface area (TPSA) is 100 Å². The van der Waals surface area contributed by atoms with Crippen LogP contribution in [0.3, 0.4) is 0 Å². The molecule has 5 rings (SSSR count). The van der Waals surface area contributed by atoms with E-state index < -0.39 is 17.1 Å². The van der Waals surface area contributed by atoms with Crippen LogP contribution in [-0.4, -0.2) is 22.7 Å². The van der Waals surface area contributed by atoms with Gasteiger partial charge in [-0.2, -0.15) is 0 Å². The lowest BCUT2D eigenvalue weighted by molar-refractivity contribution is -0.116. The molecule has 0 fully saturated rings. The van der Waals surface area contributed by atoms with Crippen molar-refractivity contribution in [1.82, 2.24) is 10.3 Å². The SMILES string of the molecule is Cc1csc(NC(=O)C(Sc2cccc(NC(=O)/C(=C\c3ccc(Cl)cc3Cl)NC(=O)c3ccccc3)c2)c2ccccc2)n1. The maximum Gasteiger partial charge on any atom is 0.272 e. The van der Waals surface area contributed by atoms with E-state index >= 15 is 0 Å². The number of amides is 3. The van der Waals surface area contributed by atoms with Gasteiger partial charge < -0.3 is 16.0 Å². The van der Waals surface area contributed by atoms with Crippen molar-refractivity contribution >= 4 is 80.9 Å². The van der Waals surface area contributed by atoms with E-state index in [2.05, 4.69) is 20.9 Å². The molecule has 0 bridgehead atoms. The molecule has 0 saturated heterocycles. The number of benzene rings is 4.